The minimum absolute atomic E-state index is 0.115. The number of rotatable bonds is 3. The average Bonchev–Trinajstić information content (AvgIpc) is 2.86. The summed E-state index contributed by atoms with van der Waals surface area (Å²) in [6, 6.07) is 0. The van der Waals surface area contributed by atoms with Gasteiger partial charge in [-0.05, 0) is 13.3 Å². The van der Waals surface area contributed by atoms with Crippen LogP contribution in [0, 0.1) is 6.92 Å². The molecule has 0 saturated heterocycles. The summed E-state index contributed by atoms with van der Waals surface area (Å²) in [6.07, 6.45) is 2.64. The molecule has 1 aliphatic rings. The number of aromatic nitrogens is 5. The van der Waals surface area contributed by atoms with E-state index in [1.807, 2.05) is 0 Å². The minimum atomic E-state index is -0.186. The standard InChI is InChI=1S/C14H19N7O2/c1-9-16-11-3-6-20(5-2-10(11)13(22)17-9)14(23)12-8-21(7-4-15)19-18-12/h8H,2-7,15H2,1H3,(H,16,17,22). The van der Waals surface area contributed by atoms with Crippen LogP contribution >= 0.6 is 0 Å². The van der Waals surface area contributed by atoms with Gasteiger partial charge in [0.25, 0.3) is 11.5 Å². The monoisotopic (exact) mass is 317 g/mol. The van der Waals surface area contributed by atoms with Crippen LogP contribution in [-0.4, -0.2) is 55.4 Å². The van der Waals surface area contributed by atoms with E-state index in [-0.39, 0.29) is 11.5 Å². The third-order valence-electron chi connectivity index (χ3n) is 3.87. The summed E-state index contributed by atoms with van der Waals surface area (Å²) in [6.45, 7) is 3.67. The Balaban J connectivity index is 1.77. The highest BCUT2D eigenvalue weighted by Crippen LogP contribution is 2.12. The van der Waals surface area contributed by atoms with Crippen LogP contribution in [-0.2, 0) is 19.4 Å². The molecule has 9 heteroatoms. The normalized spacial score (nSPS) is 14.4. The molecule has 23 heavy (non-hydrogen) atoms. The third-order valence-corrected chi connectivity index (χ3v) is 3.87. The van der Waals surface area contributed by atoms with Crippen molar-refractivity contribution in [3.63, 3.8) is 0 Å². The van der Waals surface area contributed by atoms with Crippen LogP contribution in [0.1, 0.15) is 27.6 Å². The minimum Gasteiger partial charge on any atom is -0.336 e. The van der Waals surface area contributed by atoms with E-state index in [4.69, 9.17) is 5.73 Å². The SMILES string of the molecule is Cc1nc2c(c(=O)[nH]1)CCN(C(=O)c1cn(CCN)nn1)CC2. The van der Waals surface area contributed by atoms with Crippen molar-refractivity contribution in [1.82, 2.24) is 29.9 Å². The maximum absolute atomic E-state index is 12.5. The molecule has 2 aromatic rings. The van der Waals surface area contributed by atoms with Gasteiger partial charge in [-0.3, -0.25) is 14.3 Å². The van der Waals surface area contributed by atoms with Gasteiger partial charge in [-0.15, -0.1) is 5.10 Å². The van der Waals surface area contributed by atoms with Crippen LogP contribution in [0.3, 0.4) is 0 Å². The number of nitrogens with two attached hydrogens (primary N) is 1. The van der Waals surface area contributed by atoms with E-state index in [0.29, 0.717) is 56.1 Å². The van der Waals surface area contributed by atoms with E-state index in [0.717, 1.165) is 5.69 Å². The van der Waals surface area contributed by atoms with Crippen molar-refractivity contribution in [1.29, 1.82) is 0 Å². The predicted molar refractivity (Wildman–Crippen MR) is 82.0 cm³/mol. The summed E-state index contributed by atoms with van der Waals surface area (Å²) in [5.74, 6) is 0.410. The predicted octanol–water partition coefficient (Wildman–Crippen LogP) is -1.13. The van der Waals surface area contributed by atoms with Gasteiger partial charge in [-0.1, -0.05) is 5.21 Å². The Morgan fingerprint density at radius 3 is 2.96 bits per heavy atom. The highest BCUT2D eigenvalue weighted by Gasteiger charge is 2.24. The van der Waals surface area contributed by atoms with Crippen LogP contribution in [0.15, 0.2) is 11.0 Å². The van der Waals surface area contributed by atoms with Crippen molar-refractivity contribution < 1.29 is 4.79 Å². The Morgan fingerprint density at radius 2 is 2.17 bits per heavy atom. The van der Waals surface area contributed by atoms with Crippen LogP contribution in [0.2, 0.25) is 0 Å². The van der Waals surface area contributed by atoms with Gasteiger partial charge in [0.2, 0.25) is 0 Å². The molecule has 0 bridgehead atoms. The molecule has 0 radical (unpaired) electrons. The van der Waals surface area contributed by atoms with Crippen molar-refractivity contribution in [3.8, 4) is 0 Å². The van der Waals surface area contributed by atoms with Gasteiger partial charge >= 0.3 is 0 Å². The first-order chi connectivity index (χ1) is 11.1. The number of fused-ring (bicyclic) bond motifs is 1. The number of amides is 1. The van der Waals surface area contributed by atoms with E-state index in [2.05, 4.69) is 20.3 Å². The number of hydrogen-bond acceptors (Lipinski definition) is 6. The Labute approximate surface area is 132 Å². The Bertz CT molecular complexity index is 780. The number of carbonyl (C=O) groups is 1. The summed E-state index contributed by atoms with van der Waals surface area (Å²) in [5, 5.41) is 7.79. The largest absolute Gasteiger partial charge is 0.336 e. The molecule has 0 spiro atoms. The van der Waals surface area contributed by atoms with Crippen LogP contribution in [0.4, 0.5) is 0 Å². The Morgan fingerprint density at radius 1 is 1.39 bits per heavy atom. The van der Waals surface area contributed by atoms with Crippen molar-refractivity contribution in [2.75, 3.05) is 19.6 Å². The van der Waals surface area contributed by atoms with Crippen molar-refractivity contribution >= 4 is 5.91 Å². The van der Waals surface area contributed by atoms with Gasteiger partial charge in [0.1, 0.15) is 5.82 Å². The molecule has 0 aliphatic carbocycles. The van der Waals surface area contributed by atoms with Crippen LogP contribution in [0.5, 0.6) is 0 Å². The van der Waals surface area contributed by atoms with Gasteiger partial charge in [0, 0.05) is 31.6 Å². The quantitative estimate of drug-likeness (QED) is 0.738. The van der Waals surface area contributed by atoms with Crippen molar-refractivity contribution in [3.05, 3.63) is 39.3 Å². The molecule has 0 unspecified atom stereocenters. The molecule has 3 heterocycles. The number of aryl methyl sites for hydroxylation is 1. The summed E-state index contributed by atoms with van der Waals surface area (Å²) in [4.78, 5) is 33.4. The first-order valence-electron chi connectivity index (χ1n) is 7.56. The smallest absolute Gasteiger partial charge is 0.276 e. The zero-order valence-electron chi connectivity index (χ0n) is 12.9. The fourth-order valence-electron chi connectivity index (χ4n) is 2.74. The summed E-state index contributed by atoms with van der Waals surface area (Å²) in [7, 11) is 0. The Hall–Kier alpha value is -2.55. The fourth-order valence-corrected chi connectivity index (χ4v) is 2.74. The lowest BCUT2D eigenvalue weighted by molar-refractivity contribution is 0.0757. The molecule has 9 nitrogen and oxygen atoms in total. The lowest BCUT2D eigenvalue weighted by Gasteiger charge is -2.18. The molecule has 0 saturated carbocycles. The van der Waals surface area contributed by atoms with Gasteiger partial charge < -0.3 is 15.6 Å². The van der Waals surface area contributed by atoms with E-state index < -0.39 is 0 Å². The molecule has 1 aliphatic heterocycles. The summed E-state index contributed by atoms with van der Waals surface area (Å²) < 4.78 is 1.55. The van der Waals surface area contributed by atoms with Crippen LogP contribution < -0.4 is 11.3 Å². The van der Waals surface area contributed by atoms with Crippen molar-refractivity contribution in [2.45, 2.75) is 26.3 Å². The number of carbonyl (C=O) groups excluding carboxylic acids is 1. The molecule has 2 aromatic heterocycles. The molecule has 3 rings (SSSR count). The highest BCUT2D eigenvalue weighted by atomic mass is 16.2. The zero-order valence-corrected chi connectivity index (χ0v) is 12.9. The van der Waals surface area contributed by atoms with Gasteiger partial charge in [0.15, 0.2) is 5.69 Å². The molecule has 122 valence electrons. The molecular formula is C14H19N7O2. The van der Waals surface area contributed by atoms with Gasteiger partial charge in [0.05, 0.1) is 18.4 Å². The van der Waals surface area contributed by atoms with E-state index >= 15 is 0 Å². The first-order valence-corrected chi connectivity index (χ1v) is 7.56. The van der Waals surface area contributed by atoms with Gasteiger partial charge in [-0.25, -0.2) is 4.98 Å². The van der Waals surface area contributed by atoms with E-state index in [9.17, 15) is 9.59 Å². The number of hydrogen-bond donors (Lipinski definition) is 2. The topological polar surface area (TPSA) is 123 Å². The molecule has 1 amide bonds. The molecule has 3 N–H and O–H groups in total. The second kappa shape index (κ2) is 6.29. The van der Waals surface area contributed by atoms with E-state index in [1.54, 1.807) is 22.7 Å². The van der Waals surface area contributed by atoms with Gasteiger partial charge in [-0.2, -0.15) is 0 Å². The fraction of sp³-hybridized carbons (Fsp3) is 0.500. The molecular weight excluding hydrogens is 298 g/mol. The average molecular weight is 317 g/mol. The molecule has 0 aromatic carbocycles. The third kappa shape index (κ3) is 3.14. The maximum atomic E-state index is 12.5. The lowest BCUT2D eigenvalue weighted by Crippen LogP contribution is -2.33. The summed E-state index contributed by atoms with van der Waals surface area (Å²) >= 11 is 0. The number of nitrogens with one attached hydrogen (secondary N) is 1. The first kappa shape index (κ1) is 15.3. The lowest BCUT2D eigenvalue weighted by atomic mass is 10.1. The number of nitrogens with zero attached hydrogens (tertiary/aromatic N) is 5. The summed E-state index contributed by atoms with van der Waals surface area (Å²) in [5.41, 5.74) is 7.08. The van der Waals surface area contributed by atoms with E-state index in [1.165, 1.54) is 0 Å². The maximum Gasteiger partial charge on any atom is 0.276 e. The van der Waals surface area contributed by atoms with Crippen molar-refractivity contribution in [2.24, 2.45) is 5.73 Å². The number of aromatic amines is 1. The second-order valence-electron chi connectivity index (χ2n) is 5.52. The zero-order chi connectivity index (χ0) is 16.4. The molecule has 0 fully saturated rings. The number of H-pyrrole nitrogens is 1. The second-order valence-corrected chi connectivity index (χ2v) is 5.52. The van der Waals surface area contributed by atoms with Crippen LogP contribution in [0.25, 0.3) is 0 Å². The highest BCUT2D eigenvalue weighted by molar-refractivity contribution is 5.92. The molecule has 0 atom stereocenters. The Kier molecular flexibility index (Phi) is 4.20.